The highest BCUT2D eigenvalue weighted by atomic mass is 16.3. The third kappa shape index (κ3) is 5.12. The normalized spacial score (nSPS) is 11.5. The Morgan fingerprint density at radius 1 is 0.514 bits per heavy atom. The van der Waals surface area contributed by atoms with Gasteiger partial charge in [-0.1, -0.05) is 62.4 Å². The second kappa shape index (κ2) is 9.38. The molecule has 4 N–H and O–H groups in total. The summed E-state index contributed by atoms with van der Waals surface area (Å²) in [6.45, 7) is 7.99. The predicted octanol–water partition coefficient (Wildman–Crippen LogP) is 6.63. The van der Waals surface area contributed by atoms with Crippen molar-refractivity contribution in [1.82, 2.24) is 0 Å². The number of hydrogen-bond donors (Lipinski definition) is 4. The molecule has 0 atom stereocenters. The largest absolute Gasteiger partial charge is 0.508 e. The SMILES string of the molecule is Cc1cc(Cc2cc(C(C)(C)c3ccc(O)c(Cc4ccc(O)c(C)c4)c3)ccc2O)ccc1O. The summed E-state index contributed by atoms with van der Waals surface area (Å²) in [5, 5.41) is 40.7. The Bertz CT molecular complexity index is 1280. The molecule has 0 bridgehead atoms. The lowest BCUT2D eigenvalue weighted by Gasteiger charge is -2.28. The zero-order valence-corrected chi connectivity index (χ0v) is 20.6. The van der Waals surface area contributed by atoms with E-state index in [1.807, 2.05) is 62.4 Å². The molecule has 0 aliphatic carbocycles. The lowest BCUT2D eigenvalue weighted by molar-refractivity contribution is 0.467. The van der Waals surface area contributed by atoms with E-state index in [9.17, 15) is 20.4 Å². The van der Waals surface area contributed by atoms with Gasteiger partial charge in [0.1, 0.15) is 23.0 Å². The minimum Gasteiger partial charge on any atom is -0.508 e. The van der Waals surface area contributed by atoms with E-state index < -0.39 is 0 Å². The van der Waals surface area contributed by atoms with Crippen molar-refractivity contribution in [3.63, 3.8) is 0 Å². The van der Waals surface area contributed by atoms with Gasteiger partial charge in [-0.3, -0.25) is 0 Å². The zero-order chi connectivity index (χ0) is 25.3. The highest BCUT2D eigenvalue weighted by molar-refractivity contribution is 5.50. The van der Waals surface area contributed by atoms with E-state index in [0.29, 0.717) is 12.8 Å². The van der Waals surface area contributed by atoms with Crippen molar-refractivity contribution in [3.05, 3.63) is 117 Å². The minimum atomic E-state index is -0.374. The number of aromatic hydroxyl groups is 4. The second-order valence-corrected chi connectivity index (χ2v) is 9.91. The zero-order valence-electron chi connectivity index (χ0n) is 20.6. The van der Waals surface area contributed by atoms with Crippen molar-refractivity contribution in [2.45, 2.75) is 46.0 Å². The van der Waals surface area contributed by atoms with Crippen LogP contribution in [-0.4, -0.2) is 20.4 Å². The van der Waals surface area contributed by atoms with Crippen molar-refractivity contribution in [2.75, 3.05) is 0 Å². The number of phenolic OH excluding ortho intramolecular Hbond substituents is 4. The van der Waals surface area contributed by atoms with Crippen molar-refractivity contribution in [1.29, 1.82) is 0 Å². The van der Waals surface area contributed by atoms with Crippen molar-refractivity contribution >= 4 is 0 Å². The molecule has 0 heterocycles. The molecule has 4 aromatic carbocycles. The van der Waals surface area contributed by atoms with Gasteiger partial charge in [-0.25, -0.2) is 0 Å². The molecular weight excluding hydrogens is 436 g/mol. The van der Waals surface area contributed by atoms with Crippen LogP contribution >= 0.6 is 0 Å². The van der Waals surface area contributed by atoms with Gasteiger partial charge in [0, 0.05) is 18.3 Å². The Morgan fingerprint density at radius 2 is 0.886 bits per heavy atom. The van der Waals surface area contributed by atoms with E-state index >= 15 is 0 Å². The van der Waals surface area contributed by atoms with Gasteiger partial charge < -0.3 is 20.4 Å². The maximum atomic E-state index is 10.5. The summed E-state index contributed by atoms with van der Waals surface area (Å²) < 4.78 is 0. The van der Waals surface area contributed by atoms with Gasteiger partial charge in [0.05, 0.1) is 0 Å². The van der Waals surface area contributed by atoms with Gasteiger partial charge in [-0.15, -0.1) is 0 Å². The van der Waals surface area contributed by atoms with Crippen LogP contribution in [0, 0.1) is 13.8 Å². The molecular formula is C31H32O4. The molecule has 0 aromatic heterocycles. The van der Waals surface area contributed by atoms with Crippen LogP contribution in [0.25, 0.3) is 0 Å². The number of benzene rings is 4. The summed E-state index contributed by atoms with van der Waals surface area (Å²) in [7, 11) is 0. The molecule has 0 unspecified atom stereocenters. The van der Waals surface area contributed by atoms with Gasteiger partial charge in [-0.2, -0.15) is 0 Å². The molecule has 4 heteroatoms. The fourth-order valence-corrected chi connectivity index (χ4v) is 4.49. The average Bonchev–Trinajstić information content (AvgIpc) is 2.81. The molecule has 0 aliphatic heterocycles. The Balaban J connectivity index is 1.66. The van der Waals surface area contributed by atoms with Gasteiger partial charge in [0.25, 0.3) is 0 Å². The quantitative estimate of drug-likeness (QED) is 0.256. The molecule has 0 saturated carbocycles. The van der Waals surface area contributed by atoms with Crippen molar-refractivity contribution in [2.24, 2.45) is 0 Å². The third-order valence-electron chi connectivity index (χ3n) is 6.91. The van der Waals surface area contributed by atoms with E-state index in [-0.39, 0.29) is 28.4 Å². The summed E-state index contributed by atoms with van der Waals surface area (Å²) in [4.78, 5) is 0. The van der Waals surface area contributed by atoms with Crippen LogP contribution in [0.4, 0.5) is 0 Å². The molecule has 0 aliphatic rings. The number of rotatable bonds is 6. The summed E-state index contributed by atoms with van der Waals surface area (Å²) in [5.74, 6) is 1.01. The van der Waals surface area contributed by atoms with Crippen molar-refractivity contribution < 1.29 is 20.4 Å². The smallest absolute Gasteiger partial charge is 0.119 e. The Morgan fingerprint density at radius 3 is 1.26 bits per heavy atom. The van der Waals surface area contributed by atoms with Crippen LogP contribution in [0.5, 0.6) is 23.0 Å². The number of phenols is 4. The van der Waals surface area contributed by atoms with E-state index in [2.05, 4.69) is 13.8 Å². The maximum Gasteiger partial charge on any atom is 0.119 e. The van der Waals surface area contributed by atoms with Crippen LogP contribution in [-0.2, 0) is 18.3 Å². The molecule has 0 spiro atoms. The maximum absolute atomic E-state index is 10.5. The predicted molar refractivity (Wildman–Crippen MR) is 140 cm³/mol. The van der Waals surface area contributed by atoms with Crippen LogP contribution in [0.1, 0.15) is 58.4 Å². The third-order valence-corrected chi connectivity index (χ3v) is 6.91. The number of hydrogen-bond acceptors (Lipinski definition) is 4. The molecule has 0 amide bonds. The van der Waals surface area contributed by atoms with Crippen LogP contribution in [0.3, 0.4) is 0 Å². The molecule has 4 aromatic rings. The lowest BCUT2D eigenvalue weighted by atomic mass is 9.76. The first-order valence-electron chi connectivity index (χ1n) is 11.8. The Kier molecular flexibility index (Phi) is 6.49. The fourth-order valence-electron chi connectivity index (χ4n) is 4.49. The lowest BCUT2D eigenvalue weighted by Crippen LogP contribution is -2.19. The summed E-state index contributed by atoms with van der Waals surface area (Å²) >= 11 is 0. The molecule has 4 rings (SSSR count). The van der Waals surface area contributed by atoms with Gasteiger partial charge in [0.2, 0.25) is 0 Å². The van der Waals surface area contributed by atoms with Crippen LogP contribution < -0.4 is 0 Å². The first-order valence-corrected chi connectivity index (χ1v) is 11.8. The van der Waals surface area contributed by atoms with E-state index in [0.717, 1.165) is 44.5 Å². The minimum absolute atomic E-state index is 0.240. The average molecular weight is 469 g/mol. The summed E-state index contributed by atoms with van der Waals surface area (Å²) in [6, 6.07) is 22.4. The van der Waals surface area contributed by atoms with E-state index in [1.165, 1.54) is 0 Å². The monoisotopic (exact) mass is 468 g/mol. The molecule has 0 fully saturated rings. The summed E-state index contributed by atoms with van der Waals surface area (Å²) in [5.41, 5.74) is 7.01. The highest BCUT2D eigenvalue weighted by Crippen LogP contribution is 2.37. The van der Waals surface area contributed by atoms with Crippen molar-refractivity contribution in [3.8, 4) is 23.0 Å². The Labute approximate surface area is 206 Å². The van der Waals surface area contributed by atoms with Gasteiger partial charge >= 0.3 is 0 Å². The highest BCUT2D eigenvalue weighted by Gasteiger charge is 2.25. The molecule has 0 radical (unpaired) electrons. The molecule has 0 saturated heterocycles. The molecule has 180 valence electrons. The van der Waals surface area contributed by atoms with Gasteiger partial charge in [-0.05, 0) is 82.6 Å². The standard InChI is InChI=1S/C31H32O4/c1-19-13-21(5-9-27(19)32)15-23-17-25(7-11-29(23)34)31(3,4)26-8-12-30(35)24(18-26)16-22-6-10-28(33)20(2)14-22/h5-14,17-18,32-35H,15-16H2,1-4H3. The summed E-state index contributed by atoms with van der Waals surface area (Å²) in [6.07, 6.45) is 1.11. The second-order valence-electron chi connectivity index (χ2n) is 9.91. The number of aryl methyl sites for hydroxylation is 2. The molecule has 4 nitrogen and oxygen atoms in total. The first kappa shape index (κ1) is 24.2. The first-order chi connectivity index (χ1) is 16.5. The van der Waals surface area contributed by atoms with Crippen LogP contribution in [0.15, 0.2) is 72.8 Å². The topological polar surface area (TPSA) is 80.9 Å². The van der Waals surface area contributed by atoms with E-state index in [4.69, 9.17) is 0 Å². The molecule has 35 heavy (non-hydrogen) atoms. The van der Waals surface area contributed by atoms with E-state index in [1.54, 1.807) is 24.3 Å². The Hall–Kier alpha value is -3.92. The fraction of sp³-hybridized carbons (Fsp3) is 0.226. The van der Waals surface area contributed by atoms with Gasteiger partial charge in [0.15, 0.2) is 0 Å². The van der Waals surface area contributed by atoms with Crippen LogP contribution in [0.2, 0.25) is 0 Å².